The number of ether oxygens (including phenoxy) is 2. The fourth-order valence-corrected chi connectivity index (χ4v) is 2.74. The Balaban J connectivity index is 1.60. The van der Waals surface area contributed by atoms with Crippen LogP contribution >= 0.6 is 0 Å². The predicted octanol–water partition coefficient (Wildman–Crippen LogP) is 3.05. The van der Waals surface area contributed by atoms with E-state index in [2.05, 4.69) is 0 Å². The summed E-state index contributed by atoms with van der Waals surface area (Å²) in [5, 5.41) is 9.06. The minimum atomic E-state index is -0.354. The minimum Gasteiger partial charge on any atom is -0.489 e. The van der Waals surface area contributed by atoms with Gasteiger partial charge in [0.05, 0.1) is 12.5 Å². The fraction of sp³-hybridized carbons (Fsp3) is 0.316. The van der Waals surface area contributed by atoms with Crippen LogP contribution in [0, 0.1) is 0 Å². The maximum Gasteiger partial charge on any atom is 0.313 e. The summed E-state index contributed by atoms with van der Waals surface area (Å²) >= 11 is 0. The molecule has 0 unspecified atom stereocenters. The highest BCUT2D eigenvalue weighted by molar-refractivity contribution is 5.79. The van der Waals surface area contributed by atoms with Crippen LogP contribution in [0.15, 0.2) is 54.6 Å². The van der Waals surface area contributed by atoms with Gasteiger partial charge in [0.1, 0.15) is 18.5 Å². The second kappa shape index (κ2) is 7.29. The van der Waals surface area contributed by atoms with E-state index in [-0.39, 0.29) is 24.6 Å². The topological polar surface area (TPSA) is 55.8 Å². The first kappa shape index (κ1) is 15.6. The van der Waals surface area contributed by atoms with E-state index in [4.69, 9.17) is 14.6 Å². The Bertz CT molecular complexity index is 636. The molecule has 0 radical (unpaired) electrons. The van der Waals surface area contributed by atoms with Crippen LogP contribution in [0.3, 0.4) is 0 Å². The number of aliphatic hydroxyl groups is 1. The SMILES string of the molecule is O=C1O[C@H](CO)CC[C@@H]1c1ccc(OCc2ccccc2)cc1. The summed E-state index contributed by atoms with van der Waals surface area (Å²) in [5.74, 6) is 0.268. The number of hydrogen-bond donors (Lipinski definition) is 1. The van der Waals surface area contributed by atoms with Crippen LogP contribution in [0.2, 0.25) is 0 Å². The summed E-state index contributed by atoms with van der Waals surface area (Å²) in [4.78, 5) is 12.0. The molecule has 1 N–H and O–H groups in total. The second-order valence-corrected chi connectivity index (χ2v) is 5.71. The van der Waals surface area contributed by atoms with E-state index in [0.717, 1.165) is 16.9 Å². The van der Waals surface area contributed by atoms with E-state index in [1.54, 1.807) is 0 Å². The summed E-state index contributed by atoms with van der Waals surface area (Å²) in [6.45, 7) is 0.411. The van der Waals surface area contributed by atoms with E-state index < -0.39 is 0 Å². The highest BCUT2D eigenvalue weighted by atomic mass is 16.6. The third-order valence-electron chi connectivity index (χ3n) is 4.08. The number of cyclic esters (lactones) is 1. The van der Waals surface area contributed by atoms with Gasteiger partial charge in [0.15, 0.2) is 0 Å². The summed E-state index contributed by atoms with van der Waals surface area (Å²) in [5.41, 5.74) is 2.04. The van der Waals surface area contributed by atoms with E-state index in [0.29, 0.717) is 19.4 Å². The molecule has 2 aromatic rings. The van der Waals surface area contributed by atoms with Crippen molar-refractivity contribution in [1.82, 2.24) is 0 Å². The van der Waals surface area contributed by atoms with Gasteiger partial charge < -0.3 is 14.6 Å². The van der Waals surface area contributed by atoms with Gasteiger partial charge in [0, 0.05) is 0 Å². The highest BCUT2D eigenvalue weighted by Gasteiger charge is 2.30. The first-order valence-electron chi connectivity index (χ1n) is 7.84. The van der Waals surface area contributed by atoms with Crippen LogP contribution in [0.25, 0.3) is 0 Å². The molecule has 0 amide bonds. The highest BCUT2D eigenvalue weighted by Crippen LogP contribution is 2.30. The zero-order valence-corrected chi connectivity index (χ0v) is 12.9. The zero-order valence-electron chi connectivity index (χ0n) is 12.9. The third kappa shape index (κ3) is 3.90. The molecule has 0 aromatic heterocycles. The van der Waals surface area contributed by atoms with Crippen molar-refractivity contribution in [2.24, 2.45) is 0 Å². The average molecular weight is 312 g/mol. The van der Waals surface area contributed by atoms with Gasteiger partial charge in [-0.15, -0.1) is 0 Å². The Morgan fingerprint density at radius 2 is 1.78 bits per heavy atom. The van der Waals surface area contributed by atoms with Crippen molar-refractivity contribution in [2.75, 3.05) is 6.61 Å². The maximum atomic E-state index is 12.0. The molecule has 23 heavy (non-hydrogen) atoms. The molecular formula is C19H20O4. The summed E-state index contributed by atoms with van der Waals surface area (Å²) in [7, 11) is 0. The predicted molar refractivity (Wildman–Crippen MR) is 86.2 cm³/mol. The lowest BCUT2D eigenvalue weighted by Crippen LogP contribution is -2.31. The van der Waals surface area contributed by atoms with Crippen molar-refractivity contribution in [2.45, 2.75) is 31.5 Å². The number of aliphatic hydroxyl groups excluding tert-OH is 1. The molecule has 4 nitrogen and oxygen atoms in total. The normalized spacial score (nSPS) is 20.8. The van der Waals surface area contributed by atoms with Crippen molar-refractivity contribution in [1.29, 1.82) is 0 Å². The van der Waals surface area contributed by atoms with Gasteiger partial charge in [-0.25, -0.2) is 0 Å². The van der Waals surface area contributed by atoms with Crippen molar-refractivity contribution in [3.63, 3.8) is 0 Å². The van der Waals surface area contributed by atoms with E-state index in [1.165, 1.54) is 0 Å². The van der Waals surface area contributed by atoms with Crippen LogP contribution in [-0.4, -0.2) is 23.8 Å². The molecule has 0 bridgehead atoms. The maximum absolute atomic E-state index is 12.0. The first-order chi connectivity index (χ1) is 11.3. The number of carbonyl (C=O) groups excluding carboxylic acids is 1. The van der Waals surface area contributed by atoms with E-state index in [1.807, 2.05) is 54.6 Å². The van der Waals surface area contributed by atoms with Crippen molar-refractivity contribution in [3.8, 4) is 5.75 Å². The van der Waals surface area contributed by atoms with Gasteiger partial charge in [-0.1, -0.05) is 42.5 Å². The van der Waals surface area contributed by atoms with Gasteiger partial charge >= 0.3 is 5.97 Å². The van der Waals surface area contributed by atoms with Gasteiger partial charge in [0.2, 0.25) is 0 Å². The summed E-state index contributed by atoms with van der Waals surface area (Å²) in [6, 6.07) is 17.5. The van der Waals surface area contributed by atoms with E-state index >= 15 is 0 Å². The molecule has 1 fully saturated rings. The lowest BCUT2D eigenvalue weighted by molar-refractivity contribution is -0.158. The van der Waals surface area contributed by atoms with Crippen molar-refractivity contribution in [3.05, 3.63) is 65.7 Å². The number of hydrogen-bond acceptors (Lipinski definition) is 4. The molecule has 120 valence electrons. The monoisotopic (exact) mass is 312 g/mol. The van der Waals surface area contributed by atoms with Gasteiger partial charge in [-0.05, 0) is 36.1 Å². The summed E-state index contributed by atoms with van der Waals surface area (Å²) < 4.78 is 11.0. The summed E-state index contributed by atoms with van der Waals surface area (Å²) in [6.07, 6.45) is 1.04. The molecule has 2 aromatic carbocycles. The quantitative estimate of drug-likeness (QED) is 0.862. The standard InChI is InChI=1S/C19H20O4/c20-12-17-10-11-18(19(21)23-17)15-6-8-16(9-7-15)22-13-14-4-2-1-3-5-14/h1-9,17-18,20H,10-13H2/t17-,18+/m0/s1. The molecule has 2 atom stereocenters. The van der Waals surface area contributed by atoms with Gasteiger partial charge in [-0.3, -0.25) is 4.79 Å². The zero-order chi connectivity index (χ0) is 16.1. The Morgan fingerprint density at radius 1 is 1.04 bits per heavy atom. The lowest BCUT2D eigenvalue weighted by atomic mass is 9.91. The van der Waals surface area contributed by atoms with Crippen molar-refractivity contribution < 1.29 is 19.4 Å². The third-order valence-corrected chi connectivity index (χ3v) is 4.08. The number of carbonyl (C=O) groups is 1. The van der Waals surface area contributed by atoms with Gasteiger partial charge in [0.25, 0.3) is 0 Å². The number of benzene rings is 2. The van der Waals surface area contributed by atoms with Gasteiger partial charge in [-0.2, -0.15) is 0 Å². The molecular weight excluding hydrogens is 292 g/mol. The molecule has 0 aliphatic carbocycles. The smallest absolute Gasteiger partial charge is 0.313 e. The molecule has 0 spiro atoms. The Labute approximate surface area is 135 Å². The Kier molecular flexibility index (Phi) is 4.93. The van der Waals surface area contributed by atoms with Crippen LogP contribution in [0.1, 0.15) is 29.9 Å². The van der Waals surface area contributed by atoms with E-state index in [9.17, 15) is 4.79 Å². The Morgan fingerprint density at radius 3 is 2.43 bits per heavy atom. The molecule has 1 heterocycles. The fourth-order valence-electron chi connectivity index (χ4n) is 2.74. The molecule has 1 aliphatic heterocycles. The van der Waals surface area contributed by atoms with Crippen LogP contribution in [0.4, 0.5) is 0 Å². The lowest BCUT2D eigenvalue weighted by Gasteiger charge is -2.27. The Hall–Kier alpha value is -2.33. The van der Waals surface area contributed by atoms with Crippen molar-refractivity contribution >= 4 is 5.97 Å². The van der Waals surface area contributed by atoms with Crippen LogP contribution < -0.4 is 4.74 Å². The van der Waals surface area contributed by atoms with Crippen LogP contribution in [0.5, 0.6) is 5.75 Å². The first-order valence-corrected chi connectivity index (χ1v) is 7.84. The average Bonchev–Trinajstić information content (AvgIpc) is 2.61. The van der Waals surface area contributed by atoms with Crippen LogP contribution in [-0.2, 0) is 16.1 Å². The molecule has 4 heteroatoms. The largest absolute Gasteiger partial charge is 0.489 e. The minimum absolute atomic E-state index is 0.106. The number of esters is 1. The molecule has 1 saturated heterocycles. The molecule has 0 saturated carbocycles. The molecule has 3 rings (SSSR count). The number of rotatable bonds is 5. The second-order valence-electron chi connectivity index (χ2n) is 5.71. The molecule has 1 aliphatic rings.